The molecular formula is C16H21N3OS. The van der Waals surface area contributed by atoms with Crippen LogP contribution in [0.1, 0.15) is 30.0 Å². The van der Waals surface area contributed by atoms with E-state index < -0.39 is 0 Å². The summed E-state index contributed by atoms with van der Waals surface area (Å²) in [5.41, 5.74) is 2.15. The van der Waals surface area contributed by atoms with E-state index >= 15 is 0 Å². The zero-order chi connectivity index (χ0) is 15.2. The van der Waals surface area contributed by atoms with Crippen LogP contribution in [0, 0.1) is 0 Å². The third kappa shape index (κ3) is 4.29. The van der Waals surface area contributed by atoms with E-state index in [-0.39, 0.29) is 11.9 Å². The molecule has 1 unspecified atom stereocenters. The molecule has 4 nitrogen and oxygen atoms in total. The van der Waals surface area contributed by atoms with Crippen molar-refractivity contribution in [3.05, 3.63) is 46.4 Å². The van der Waals surface area contributed by atoms with E-state index in [0.29, 0.717) is 6.42 Å². The van der Waals surface area contributed by atoms with Gasteiger partial charge in [-0.3, -0.25) is 4.79 Å². The molecule has 0 bridgehead atoms. The van der Waals surface area contributed by atoms with E-state index in [1.807, 2.05) is 48.6 Å². The van der Waals surface area contributed by atoms with Crippen LogP contribution in [0.2, 0.25) is 0 Å². The first-order valence-electron chi connectivity index (χ1n) is 7.05. The molecule has 112 valence electrons. The Morgan fingerprint density at radius 3 is 2.57 bits per heavy atom. The lowest BCUT2D eigenvalue weighted by molar-refractivity contribution is -0.121. The Morgan fingerprint density at radius 1 is 1.33 bits per heavy atom. The zero-order valence-corrected chi connectivity index (χ0v) is 13.5. The van der Waals surface area contributed by atoms with E-state index in [2.05, 4.69) is 17.2 Å². The van der Waals surface area contributed by atoms with Gasteiger partial charge in [0.05, 0.1) is 12.5 Å². The van der Waals surface area contributed by atoms with Gasteiger partial charge in [-0.1, -0.05) is 19.1 Å². The van der Waals surface area contributed by atoms with Crippen molar-refractivity contribution in [2.75, 3.05) is 19.0 Å². The summed E-state index contributed by atoms with van der Waals surface area (Å²) in [6, 6.07) is 8.07. The Hall–Kier alpha value is -1.88. The number of carbonyl (C=O) groups is 1. The summed E-state index contributed by atoms with van der Waals surface area (Å²) < 4.78 is 0. The Morgan fingerprint density at radius 2 is 2.05 bits per heavy atom. The monoisotopic (exact) mass is 303 g/mol. The van der Waals surface area contributed by atoms with Gasteiger partial charge in [-0.05, 0) is 24.1 Å². The van der Waals surface area contributed by atoms with Crippen molar-refractivity contribution >= 4 is 22.9 Å². The molecule has 1 amide bonds. The lowest BCUT2D eigenvalue weighted by Gasteiger charge is -2.15. The van der Waals surface area contributed by atoms with Gasteiger partial charge in [-0.25, -0.2) is 4.98 Å². The maximum atomic E-state index is 12.2. The molecule has 1 aromatic heterocycles. The first-order chi connectivity index (χ1) is 10.1. The molecule has 1 aromatic carbocycles. The number of nitrogens with one attached hydrogen (secondary N) is 1. The first kappa shape index (κ1) is 15.5. The van der Waals surface area contributed by atoms with Gasteiger partial charge in [-0.15, -0.1) is 11.3 Å². The highest BCUT2D eigenvalue weighted by atomic mass is 32.1. The molecule has 0 saturated carbocycles. The Labute approximate surface area is 129 Å². The van der Waals surface area contributed by atoms with Crippen LogP contribution >= 0.6 is 11.3 Å². The SMILES string of the molecule is CCC(NC(=O)Cc1ccc(N(C)C)cc1)c1nccs1. The fraction of sp³-hybridized carbons (Fsp3) is 0.375. The summed E-state index contributed by atoms with van der Waals surface area (Å²) in [6.07, 6.45) is 3.02. The summed E-state index contributed by atoms with van der Waals surface area (Å²) in [7, 11) is 4.00. The number of benzene rings is 1. The summed E-state index contributed by atoms with van der Waals surface area (Å²) in [5, 5.41) is 5.95. The van der Waals surface area contributed by atoms with E-state index in [1.54, 1.807) is 17.5 Å². The lowest BCUT2D eigenvalue weighted by Crippen LogP contribution is -2.29. The second-order valence-corrected chi connectivity index (χ2v) is 6.06. The van der Waals surface area contributed by atoms with Gasteiger partial charge >= 0.3 is 0 Å². The second-order valence-electron chi connectivity index (χ2n) is 5.14. The van der Waals surface area contributed by atoms with Crippen LogP contribution < -0.4 is 10.2 Å². The van der Waals surface area contributed by atoms with Crippen LogP contribution in [0.25, 0.3) is 0 Å². The van der Waals surface area contributed by atoms with Gasteiger partial charge in [0.25, 0.3) is 0 Å². The standard InChI is InChI=1S/C16H21N3OS/c1-4-14(16-17-9-10-21-16)18-15(20)11-12-5-7-13(8-6-12)19(2)3/h5-10,14H,4,11H2,1-3H3,(H,18,20). The third-order valence-corrected chi connectivity index (χ3v) is 4.20. The Kier molecular flexibility index (Phi) is 5.33. The lowest BCUT2D eigenvalue weighted by atomic mass is 10.1. The van der Waals surface area contributed by atoms with Crippen molar-refractivity contribution in [2.24, 2.45) is 0 Å². The minimum atomic E-state index is 0.0125. The smallest absolute Gasteiger partial charge is 0.224 e. The topological polar surface area (TPSA) is 45.2 Å². The van der Waals surface area contributed by atoms with Gasteiger partial charge in [0.2, 0.25) is 5.91 Å². The fourth-order valence-corrected chi connectivity index (χ4v) is 2.86. The van der Waals surface area contributed by atoms with Gasteiger partial charge < -0.3 is 10.2 Å². The number of thiazole rings is 1. The summed E-state index contributed by atoms with van der Waals surface area (Å²) in [5.74, 6) is 0.0367. The highest BCUT2D eigenvalue weighted by Crippen LogP contribution is 2.19. The molecule has 2 rings (SSSR count). The number of nitrogens with zero attached hydrogens (tertiary/aromatic N) is 2. The Bertz CT molecular complexity index is 564. The Balaban J connectivity index is 1.94. The van der Waals surface area contributed by atoms with E-state index in [9.17, 15) is 4.79 Å². The van der Waals surface area contributed by atoms with Gasteiger partial charge in [0.1, 0.15) is 5.01 Å². The van der Waals surface area contributed by atoms with E-state index in [1.165, 1.54) is 0 Å². The van der Waals surface area contributed by atoms with Crippen LogP contribution in [0.3, 0.4) is 0 Å². The predicted molar refractivity (Wildman–Crippen MR) is 87.8 cm³/mol. The highest BCUT2D eigenvalue weighted by Gasteiger charge is 2.15. The van der Waals surface area contributed by atoms with Gasteiger partial charge in [0, 0.05) is 31.4 Å². The highest BCUT2D eigenvalue weighted by molar-refractivity contribution is 7.09. The molecule has 1 heterocycles. The third-order valence-electron chi connectivity index (χ3n) is 3.31. The van der Waals surface area contributed by atoms with Crippen LogP contribution in [-0.4, -0.2) is 25.0 Å². The molecular weight excluding hydrogens is 282 g/mol. The molecule has 0 aliphatic heterocycles. The number of aromatic nitrogens is 1. The molecule has 0 saturated heterocycles. The summed E-state index contributed by atoms with van der Waals surface area (Å²) in [6.45, 7) is 2.05. The minimum absolute atomic E-state index is 0.0125. The molecule has 0 spiro atoms. The zero-order valence-electron chi connectivity index (χ0n) is 12.7. The number of carbonyl (C=O) groups excluding carboxylic acids is 1. The van der Waals surface area contributed by atoms with E-state index in [4.69, 9.17) is 0 Å². The van der Waals surface area contributed by atoms with Crippen molar-refractivity contribution in [3.63, 3.8) is 0 Å². The maximum Gasteiger partial charge on any atom is 0.224 e. The second kappa shape index (κ2) is 7.22. The van der Waals surface area contributed by atoms with Crippen molar-refractivity contribution < 1.29 is 4.79 Å². The van der Waals surface area contributed by atoms with Crippen molar-refractivity contribution in [1.29, 1.82) is 0 Å². The normalized spacial score (nSPS) is 12.0. The van der Waals surface area contributed by atoms with Crippen molar-refractivity contribution in [1.82, 2.24) is 10.3 Å². The van der Waals surface area contributed by atoms with Crippen LogP contribution in [-0.2, 0) is 11.2 Å². The number of hydrogen-bond donors (Lipinski definition) is 1. The van der Waals surface area contributed by atoms with Crippen molar-refractivity contribution in [3.8, 4) is 0 Å². The molecule has 0 aliphatic carbocycles. The molecule has 2 aromatic rings. The fourth-order valence-electron chi connectivity index (χ4n) is 2.09. The van der Waals surface area contributed by atoms with Crippen LogP contribution in [0.15, 0.2) is 35.8 Å². The number of rotatable bonds is 6. The van der Waals surface area contributed by atoms with Crippen LogP contribution in [0.5, 0.6) is 0 Å². The molecule has 0 fully saturated rings. The minimum Gasteiger partial charge on any atom is -0.378 e. The molecule has 1 atom stereocenters. The average molecular weight is 303 g/mol. The van der Waals surface area contributed by atoms with E-state index in [0.717, 1.165) is 22.7 Å². The summed E-state index contributed by atoms with van der Waals surface area (Å²) in [4.78, 5) is 18.5. The van der Waals surface area contributed by atoms with Crippen molar-refractivity contribution in [2.45, 2.75) is 25.8 Å². The number of hydrogen-bond acceptors (Lipinski definition) is 4. The first-order valence-corrected chi connectivity index (χ1v) is 7.93. The number of amides is 1. The van der Waals surface area contributed by atoms with Gasteiger partial charge in [-0.2, -0.15) is 0 Å². The number of anilines is 1. The largest absolute Gasteiger partial charge is 0.378 e. The molecule has 5 heteroatoms. The molecule has 21 heavy (non-hydrogen) atoms. The quantitative estimate of drug-likeness (QED) is 0.892. The molecule has 1 N–H and O–H groups in total. The van der Waals surface area contributed by atoms with Gasteiger partial charge in [0.15, 0.2) is 0 Å². The molecule has 0 radical (unpaired) electrons. The molecule has 0 aliphatic rings. The van der Waals surface area contributed by atoms with Crippen LogP contribution in [0.4, 0.5) is 5.69 Å². The maximum absolute atomic E-state index is 12.2. The average Bonchev–Trinajstić information content (AvgIpc) is 2.99. The summed E-state index contributed by atoms with van der Waals surface area (Å²) >= 11 is 1.58. The predicted octanol–water partition coefficient (Wildman–Crippen LogP) is 3.02.